The SMILES string of the molecule is CC(=O)OC1CCN(c2ncc([N+](=O)[O-])cc2C#N)CC1. The first-order chi connectivity index (χ1) is 10.0. The lowest BCUT2D eigenvalue weighted by Crippen LogP contribution is -2.38. The van der Waals surface area contributed by atoms with Crippen molar-refractivity contribution in [1.82, 2.24) is 4.98 Å². The second-order valence-corrected chi connectivity index (χ2v) is 4.73. The normalized spacial score (nSPS) is 15.3. The standard InChI is InChI=1S/C13H14N4O4/c1-9(18)21-12-2-4-16(5-3-12)13-10(7-14)6-11(8-15-13)17(19)20/h6,8,12H,2-5H2,1H3. The Morgan fingerprint density at radius 3 is 2.76 bits per heavy atom. The largest absolute Gasteiger partial charge is 0.462 e. The van der Waals surface area contributed by atoms with Crippen molar-refractivity contribution >= 4 is 17.5 Å². The van der Waals surface area contributed by atoms with Crippen LogP contribution in [-0.2, 0) is 9.53 Å². The van der Waals surface area contributed by atoms with Gasteiger partial charge in [-0.3, -0.25) is 14.9 Å². The first-order valence-corrected chi connectivity index (χ1v) is 6.48. The molecular weight excluding hydrogens is 276 g/mol. The molecule has 0 N–H and O–H groups in total. The molecule has 110 valence electrons. The van der Waals surface area contributed by atoms with Gasteiger partial charge >= 0.3 is 5.97 Å². The maximum atomic E-state index is 10.9. The molecule has 0 atom stereocenters. The van der Waals surface area contributed by atoms with E-state index in [9.17, 15) is 14.9 Å². The fraction of sp³-hybridized carbons (Fsp3) is 0.462. The van der Waals surface area contributed by atoms with Gasteiger partial charge in [-0.05, 0) is 0 Å². The van der Waals surface area contributed by atoms with Gasteiger partial charge in [-0.1, -0.05) is 0 Å². The van der Waals surface area contributed by atoms with Crippen molar-refractivity contribution in [1.29, 1.82) is 5.26 Å². The molecule has 0 aliphatic carbocycles. The van der Waals surface area contributed by atoms with Crippen LogP contribution in [0.2, 0.25) is 0 Å². The lowest BCUT2D eigenvalue weighted by molar-refractivity contribution is -0.385. The molecule has 1 aromatic rings. The van der Waals surface area contributed by atoms with Crippen LogP contribution in [0.5, 0.6) is 0 Å². The Balaban J connectivity index is 2.12. The summed E-state index contributed by atoms with van der Waals surface area (Å²) in [4.78, 5) is 26.9. The number of piperidine rings is 1. The number of pyridine rings is 1. The summed E-state index contributed by atoms with van der Waals surface area (Å²) in [5, 5.41) is 19.8. The zero-order chi connectivity index (χ0) is 15.4. The van der Waals surface area contributed by atoms with Crippen molar-refractivity contribution in [3.8, 4) is 6.07 Å². The summed E-state index contributed by atoms with van der Waals surface area (Å²) >= 11 is 0. The number of hydrogen-bond donors (Lipinski definition) is 0. The van der Waals surface area contributed by atoms with E-state index in [0.717, 1.165) is 6.20 Å². The molecule has 0 unspecified atom stereocenters. The lowest BCUT2D eigenvalue weighted by atomic mass is 10.1. The summed E-state index contributed by atoms with van der Waals surface area (Å²) in [5.41, 5.74) is -0.0276. The Bertz CT molecular complexity index is 603. The van der Waals surface area contributed by atoms with Gasteiger partial charge in [0.15, 0.2) is 0 Å². The fourth-order valence-electron chi connectivity index (χ4n) is 2.30. The van der Waals surface area contributed by atoms with Crippen molar-refractivity contribution in [3.63, 3.8) is 0 Å². The van der Waals surface area contributed by atoms with Gasteiger partial charge < -0.3 is 9.64 Å². The zero-order valence-electron chi connectivity index (χ0n) is 11.5. The van der Waals surface area contributed by atoms with Gasteiger partial charge in [-0.2, -0.15) is 5.26 Å². The van der Waals surface area contributed by atoms with Gasteiger partial charge in [0.25, 0.3) is 5.69 Å². The average molecular weight is 290 g/mol. The van der Waals surface area contributed by atoms with E-state index in [1.165, 1.54) is 13.0 Å². The van der Waals surface area contributed by atoms with Crippen LogP contribution in [0, 0.1) is 21.4 Å². The van der Waals surface area contributed by atoms with Crippen molar-refractivity contribution < 1.29 is 14.5 Å². The van der Waals surface area contributed by atoms with Crippen LogP contribution >= 0.6 is 0 Å². The lowest BCUT2D eigenvalue weighted by Gasteiger charge is -2.32. The van der Waals surface area contributed by atoms with E-state index < -0.39 is 4.92 Å². The molecule has 21 heavy (non-hydrogen) atoms. The minimum atomic E-state index is -0.579. The Hall–Kier alpha value is -2.69. The number of carbonyl (C=O) groups is 1. The first kappa shape index (κ1) is 14.7. The van der Waals surface area contributed by atoms with E-state index in [-0.39, 0.29) is 23.3 Å². The third-order valence-electron chi connectivity index (χ3n) is 3.26. The number of nitrogens with zero attached hydrogens (tertiary/aromatic N) is 4. The smallest absolute Gasteiger partial charge is 0.302 e. The van der Waals surface area contributed by atoms with E-state index in [1.54, 1.807) is 0 Å². The molecule has 2 rings (SSSR count). The van der Waals surface area contributed by atoms with Gasteiger partial charge in [-0.25, -0.2) is 4.98 Å². The number of carbonyl (C=O) groups excluding carboxylic acids is 1. The van der Waals surface area contributed by atoms with Crippen LogP contribution in [0.4, 0.5) is 11.5 Å². The summed E-state index contributed by atoms with van der Waals surface area (Å²) in [6.45, 7) is 2.53. The Kier molecular flexibility index (Phi) is 4.33. The van der Waals surface area contributed by atoms with Gasteiger partial charge in [0, 0.05) is 38.9 Å². The molecule has 8 heteroatoms. The number of hydrogen-bond acceptors (Lipinski definition) is 7. The molecule has 0 radical (unpaired) electrons. The summed E-state index contributed by atoms with van der Waals surface area (Å²) in [6.07, 6.45) is 2.31. The molecule has 2 heterocycles. The second kappa shape index (κ2) is 6.17. The number of rotatable bonds is 3. The predicted molar refractivity (Wildman–Crippen MR) is 72.6 cm³/mol. The van der Waals surface area contributed by atoms with Crippen molar-refractivity contribution in [2.24, 2.45) is 0 Å². The molecule has 1 fully saturated rings. The summed E-state index contributed by atoms with van der Waals surface area (Å²) < 4.78 is 5.14. The van der Waals surface area contributed by atoms with E-state index >= 15 is 0 Å². The zero-order valence-corrected chi connectivity index (χ0v) is 11.5. The van der Waals surface area contributed by atoms with Crippen molar-refractivity contribution in [3.05, 3.63) is 27.9 Å². The molecule has 0 saturated carbocycles. The van der Waals surface area contributed by atoms with Crippen molar-refractivity contribution in [2.75, 3.05) is 18.0 Å². The Labute approximate surface area is 121 Å². The van der Waals surface area contributed by atoms with Crippen LogP contribution < -0.4 is 4.90 Å². The number of anilines is 1. The first-order valence-electron chi connectivity index (χ1n) is 6.48. The quantitative estimate of drug-likeness (QED) is 0.470. The topological polar surface area (TPSA) is 109 Å². The summed E-state index contributed by atoms with van der Waals surface area (Å²) in [5.74, 6) is 0.129. The fourth-order valence-corrected chi connectivity index (χ4v) is 2.30. The molecular formula is C13H14N4O4. The number of ether oxygens (including phenoxy) is 1. The molecule has 0 spiro atoms. The van der Waals surface area contributed by atoms with Crippen LogP contribution in [0.1, 0.15) is 25.3 Å². The molecule has 1 saturated heterocycles. The van der Waals surface area contributed by atoms with Gasteiger partial charge in [0.05, 0.1) is 4.92 Å². The van der Waals surface area contributed by atoms with E-state index in [4.69, 9.17) is 10.00 Å². The maximum Gasteiger partial charge on any atom is 0.302 e. The Morgan fingerprint density at radius 2 is 2.24 bits per heavy atom. The molecule has 1 aromatic heterocycles. The van der Waals surface area contributed by atoms with Crippen LogP contribution in [0.25, 0.3) is 0 Å². The monoisotopic (exact) mass is 290 g/mol. The second-order valence-electron chi connectivity index (χ2n) is 4.73. The highest BCUT2D eigenvalue weighted by Gasteiger charge is 2.24. The molecule has 0 amide bonds. The average Bonchev–Trinajstić information content (AvgIpc) is 2.46. The highest BCUT2D eigenvalue weighted by Crippen LogP contribution is 2.25. The van der Waals surface area contributed by atoms with E-state index in [1.807, 2.05) is 11.0 Å². The highest BCUT2D eigenvalue weighted by atomic mass is 16.6. The highest BCUT2D eigenvalue weighted by molar-refractivity contribution is 5.66. The number of aromatic nitrogens is 1. The van der Waals surface area contributed by atoms with Crippen LogP contribution in [-0.4, -0.2) is 35.1 Å². The van der Waals surface area contributed by atoms with Crippen LogP contribution in [0.15, 0.2) is 12.3 Å². The third-order valence-corrected chi connectivity index (χ3v) is 3.26. The third kappa shape index (κ3) is 3.45. The van der Waals surface area contributed by atoms with E-state index in [2.05, 4.69) is 4.98 Å². The molecule has 0 bridgehead atoms. The molecule has 1 aliphatic rings. The number of nitriles is 1. The number of nitro groups is 1. The Morgan fingerprint density at radius 1 is 1.57 bits per heavy atom. The van der Waals surface area contributed by atoms with Crippen LogP contribution in [0.3, 0.4) is 0 Å². The van der Waals surface area contributed by atoms with Crippen molar-refractivity contribution in [2.45, 2.75) is 25.9 Å². The van der Waals surface area contributed by atoms with Gasteiger partial charge in [0.2, 0.25) is 0 Å². The predicted octanol–water partition coefficient (Wildman–Crippen LogP) is 1.39. The van der Waals surface area contributed by atoms with E-state index in [0.29, 0.717) is 31.7 Å². The summed E-state index contributed by atoms with van der Waals surface area (Å²) in [6, 6.07) is 3.16. The minimum Gasteiger partial charge on any atom is -0.462 e. The van der Waals surface area contributed by atoms with Gasteiger partial charge in [-0.15, -0.1) is 0 Å². The minimum absolute atomic E-state index is 0.123. The molecule has 1 aliphatic heterocycles. The molecule has 0 aromatic carbocycles. The van der Waals surface area contributed by atoms with Gasteiger partial charge in [0.1, 0.15) is 29.8 Å². The maximum absolute atomic E-state index is 10.9. The summed E-state index contributed by atoms with van der Waals surface area (Å²) in [7, 11) is 0. The molecule has 8 nitrogen and oxygen atoms in total. The number of esters is 1.